The third-order valence-electron chi connectivity index (χ3n) is 2.73. The van der Waals surface area contributed by atoms with E-state index >= 15 is 0 Å². The number of aryl methyl sites for hydroxylation is 1. The van der Waals surface area contributed by atoms with Crippen molar-refractivity contribution in [1.29, 1.82) is 0 Å². The van der Waals surface area contributed by atoms with Crippen LogP contribution in [0.15, 0.2) is 30.5 Å². The number of anilines is 2. The second-order valence-electron chi connectivity index (χ2n) is 3.85. The van der Waals surface area contributed by atoms with Gasteiger partial charge >= 0.3 is 0 Å². The molecule has 0 bridgehead atoms. The van der Waals surface area contributed by atoms with Crippen molar-refractivity contribution in [1.82, 2.24) is 9.78 Å². The molecule has 1 aromatic heterocycles. The predicted molar refractivity (Wildman–Crippen MR) is 66.1 cm³/mol. The molecule has 0 unspecified atom stereocenters. The summed E-state index contributed by atoms with van der Waals surface area (Å²) >= 11 is 0. The molecular formula is C12H16N4. The van der Waals surface area contributed by atoms with Crippen LogP contribution in [0.25, 0.3) is 0 Å². The molecule has 0 radical (unpaired) electrons. The zero-order chi connectivity index (χ0) is 11.5. The summed E-state index contributed by atoms with van der Waals surface area (Å²) in [7, 11) is 1.95. The normalized spacial score (nSPS) is 10.4. The highest BCUT2D eigenvalue weighted by molar-refractivity contribution is 5.51. The lowest BCUT2D eigenvalue weighted by Crippen LogP contribution is -2.01. The summed E-state index contributed by atoms with van der Waals surface area (Å²) in [6, 6.07) is 7.72. The highest BCUT2D eigenvalue weighted by atomic mass is 15.3. The molecule has 0 saturated heterocycles. The maximum Gasteiger partial charge on any atom is 0.0542 e. The lowest BCUT2D eigenvalue weighted by Gasteiger charge is -2.06. The van der Waals surface area contributed by atoms with Crippen molar-refractivity contribution in [2.24, 2.45) is 7.05 Å². The Bertz CT molecular complexity index is 470. The van der Waals surface area contributed by atoms with Gasteiger partial charge in [-0.15, -0.1) is 0 Å². The molecule has 4 heteroatoms. The fraction of sp³-hybridized carbons (Fsp3) is 0.250. The van der Waals surface area contributed by atoms with E-state index in [1.807, 2.05) is 42.2 Å². The summed E-state index contributed by atoms with van der Waals surface area (Å²) in [5.41, 5.74) is 9.86. The van der Waals surface area contributed by atoms with Gasteiger partial charge in [-0.05, 0) is 31.2 Å². The molecule has 2 aromatic rings. The van der Waals surface area contributed by atoms with Crippen LogP contribution in [0, 0.1) is 6.92 Å². The molecule has 0 spiro atoms. The van der Waals surface area contributed by atoms with E-state index in [2.05, 4.69) is 17.3 Å². The lowest BCUT2D eigenvalue weighted by atomic mass is 10.2. The summed E-state index contributed by atoms with van der Waals surface area (Å²) in [6.07, 6.45) is 1.89. The van der Waals surface area contributed by atoms with Crippen LogP contribution in [0.3, 0.4) is 0 Å². The Morgan fingerprint density at radius 2 is 2.00 bits per heavy atom. The molecule has 0 aliphatic heterocycles. The van der Waals surface area contributed by atoms with Crippen molar-refractivity contribution < 1.29 is 0 Å². The van der Waals surface area contributed by atoms with Crippen molar-refractivity contribution in [2.45, 2.75) is 13.5 Å². The van der Waals surface area contributed by atoms with Gasteiger partial charge < -0.3 is 11.1 Å². The van der Waals surface area contributed by atoms with Gasteiger partial charge in [0.05, 0.1) is 6.20 Å². The Hall–Kier alpha value is -1.97. The van der Waals surface area contributed by atoms with E-state index in [1.165, 1.54) is 11.3 Å². The highest BCUT2D eigenvalue weighted by Gasteiger charge is 2.02. The summed E-state index contributed by atoms with van der Waals surface area (Å²) in [4.78, 5) is 0. The van der Waals surface area contributed by atoms with E-state index in [0.717, 1.165) is 17.9 Å². The third-order valence-corrected chi connectivity index (χ3v) is 2.73. The van der Waals surface area contributed by atoms with Crippen molar-refractivity contribution in [3.63, 3.8) is 0 Å². The van der Waals surface area contributed by atoms with Crippen molar-refractivity contribution >= 4 is 11.4 Å². The molecule has 16 heavy (non-hydrogen) atoms. The molecule has 0 saturated carbocycles. The van der Waals surface area contributed by atoms with E-state index in [9.17, 15) is 0 Å². The van der Waals surface area contributed by atoms with Gasteiger partial charge in [0.15, 0.2) is 0 Å². The van der Waals surface area contributed by atoms with Gasteiger partial charge in [0.25, 0.3) is 0 Å². The average Bonchev–Trinajstić information content (AvgIpc) is 2.60. The Labute approximate surface area is 95.1 Å². The molecule has 1 heterocycles. The van der Waals surface area contributed by atoms with Crippen LogP contribution in [-0.4, -0.2) is 9.78 Å². The molecule has 3 N–H and O–H groups in total. The summed E-state index contributed by atoms with van der Waals surface area (Å²) in [5, 5.41) is 7.53. The molecule has 2 rings (SSSR count). The van der Waals surface area contributed by atoms with E-state index in [4.69, 9.17) is 5.73 Å². The van der Waals surface area contributed by atoms with Gasteiger partial charge in [-0.1, -0.05) is 0 Å². The quantitative estimate of drug-likeness (QED) is 0.771. The molecule has 0 aliphatic rings. The van der Waals surface area contributed by atoms with E-state index in [-0.39, 0.29) is 0 Å². The van der Waals surface area contributed by atoms with Crippen LogP contribution >= 0.6 is 0 Å². The Balaban J connectivity index is 2.02. The highest BCUT2D eigenvalue weighted by Crippen LogP contribution is 2.13. The molecule has 4 nitrogen and oxygen atoms in total. The number of rotatable bonds is 3. The van der Waals surface area contributed by atoms with Gasteiger partial charge in [0.2, 0.25) is 0 Å². The Morgan fingerprint density at radius 3 is 2.56 bits per heavy atom. The first-order valence-corrected chi connectivity index (χ1v) is 5.23. The molecule has 0 aliphatic carbocycles. The van der Waals surface area contributed by atoms with Crippen LogP contribution in [0.5, 0.6) is 0 Å². The van der Waals surface area contributed by atoms with E-state index in [1.54, 1.807) is 0 Å². The first-order chi connectivity index (χ1) is 7.66. The van der Waals surface area contributed by atoms with Crippen LogP contribution in [0.1, 0.15) is 11.3 Å². The van der Waals surface area contributed by atoms with E-state index in [0.29, 0.717) is 0 Å². The van der Waals surface area contributed by atoms with Gasteiger partial charge in [-0.25, -0.2) is 0 Å². The molecule has 1 aromatic carbocycles. The number of nitrogen functional groups attached to an aromatic ring is 1. The van der Waals surface area contributed by atoms with Gasteiger partial charge in [0.1, 0.15) is 0 Å². The Morgan fingerprint density at radius 1 is 1.31 bits per heavy atom. The second-order valence-corrected chi connectivity index (χ2v) is 3.85. The largest absolute Gasteiger partial charge is 0.399 e. The van der Waals surface area contributed by atoms with Gasteiger partial charge in [0, 0.05) is 36.2 Å². The smallest absolute Gasteiger partial charge is 0.0542 e. The molecule has 0 amide bonds. The topological polar surface area (TPSA) is 55.9 Å². The summed E-state index contributed by atoms with van der Waals surface area (Å²) in [5.74, 6) is 0. The maximum absolute atomic E-state index is 5.62. The Kier molecular flexibility index (Phi) is 2.81. The number of nitrogens with one attached hydrogen (secondary N) is 1. The maximum atomic E-state index is 5.62. The predicted octanol–water partition coefficient (Wildman–Crippen LogP) is 1.92. The number of nitrogens with two attached hydrogens (primary N) is 1. The molecule has 0 atom stereocenters. The molecular weight excluding hydrogens is 200 g/mol. The molecule has 84 valence electrons. The zero-order valence-electron chi connectivity index (χ0n) is 9.57. The van der Waals surface area contributed by atoms with Crippen LogP contribution in [-0.2, 0) is 13.6 Å². The average molecular weight is 216 g/mol. The van der Waals surface area contributed by atoms with Crippen molar-refractivity contribution in [3.8, 4) is 0 Å². The second kappa shape index (κ2) is 4.26. The standard InChI is InChI=1S/C12H16N4/c1-9-10(8-15-16(9)2)7-14-12-5-3-11(13)4-6-12/h3-6,8,14H,7,13H2,1-2H3. The minimum Gasteiger partial charge on any atom is -0.399 e. The van der Waals surface area contributed by atoms with Gasteiger partial charge in [-0.3, -0.25) is 4.68 Å². The number of aromatic nitrogens is 2. The monoisotopic (exact) mass is 216 g/mol. The number of hydrogen-bond donors (Lipinski definition) is 2. The van der Waals surface area contributed by atoms with Crippen molar-refractivity contribution in [2.75, 3.05) is 11.1 Å². The fourth-order valence-corrected chi connectivity index (χ4v) is 1.52. The van der Waals surface area contributed by atoms with Crippen LogP contribution < -0.4 is 11.1 Å². The zero-order valence-corrected chi connectivity index (χ0v) is 9.57. The number of nitrogens with zero attached hydrogens (tertiary/aromatic N) is 2. The minimum absolute atomic E-state index is 0.781. The van der Waals surface area contributed by atoms with E-state index < -0.39 is 0 Å². The minimum atomic E-state index is 0.781. The van der Waals surface area contributed by atoms with Gasteiger partial charge in [-0.2, -0.15) is 5.10 Å². The van der Waals surface area contributed by atoms with Crippen molar-refractivity contribution in [3.05, 3.63) is 41.7 Å². The number of hydrogen-bond acceptors (Lipinski definition) is 3. The van der Waals surface area contributed by atoms with Crippen LogP contribution in [0.4, 0.5) is 11.4 Å². The summed E-state index contributed by atoms with van der Waals surface area (Å²) < 4.78 is 1.87. The number of benzene rings is 1. The first kappa shape index (κ1) is 10.5. The fourth-order valence-electron chi connectivity index (χ4n) is 1.52. The first-order valence-electron chi connectivity index (χ1n) is 5.23. The SMILES string of the molecule is Cc1c(CNc2ccc(N)cc2)cnn1C. The summed E-state index contributed by atoms with van der Waals surface area (Å²) in [6.45, 7) is 2.84. The molecule has 0 fully saturated rings. The third kappa shape index (κ3) is 2.16. The van der Waals surface area contributed by atoms with Crippen LogP contribution in [0.2, 0.25) is 0 Å². The lowest BCUT2D eigenvalue weighted by molar-refractivity contribution is 0.738.